The van der Waals surface area contributed by atoms with Gasteiger partial charge in [0.1, 0.15) is 11.6 Å². The van der Waals surface area contributed by atoms with Crippen LogP contribution in [0.25, 0.3) is 11.0 Å². The minimum Gasteiger partial charge on any atom is -0.453 e. The molecule has 12 heteroatoms. The normalized spacial score (nSPS) is 13.9. The number of imidazole rings is 1. The number of carbonyl (C=O) groups excluding carboxylic acids is 3. The second kappa shape index (κ2) is 12.7. The molecule has 1 aromatic carbocycles. The zero-order valence-corrected chi connectivity index (χ0v) is 22.8. The minimum absolute atomic E-state index is 0.103. The van der Waals surface area contributed by atoms with Gasteiger partial charge in [-0.15, -0.1) is 0 Å². The number of Topliss-reactive ketones (excluding diaryl/α,β-unsaturated/α-hetero) is 1. The first-order chi connectivity index (χ1) is 19.2. The first-order valence-electron chi connectivity index (χ1n) is 13.1. The van der Waals surface area contributed by atoms with Crippen LogP contribution in [-0.4, -0.2) is 69.0 Å². The largest absolute Gasteiger partial charge is 0.453 e. The smallest absolute Gasteiger partial charge is 0.407 e. The SMILES string of the molecule is COC(=O)N[C@@H](CC/C=C/C(=O)N(C)C)C(=O)Cc1cncn(Cc2nc3cc(F)ccc3n2CC2CC2)c1=O. The Balaban J connectivity index is 1.52. The van der Waals surface area contributed by atoms with Crippen molar-refractivity contribution in [3.63, 3.8) is 0 Å². The molecule has 0 aliphatic heterocycles. The summed E-state index contributed by atoms with van der Waals surface area (Å²) in [5.74, 6) is 0.144. The van der Waals surface area contributed by atoms with E-state index in [1.165, 1.54) is 47.3 Å². The zero-order chi connectivity index (χ0) is 28.8. The van der Waals surface area contributed by atoms with Gasteiger partial charge in [0, 0.05) is 44.9 Å². The molecule has 0 spiro atoms. The Bertz CT molecular complexity index is 1490. The van der Waals surface area contributed by atoms with Crippen LogP contribution >= 0.6 is 0 Å². The molecular formula is C28H33FN6O5. The van der Waals surface area contributed by atoms with Crippen molar-refractivity contribution < 1.29 is 23.5 Å². The Labute approximate surface area is 230 Å². The quantitative estimate of drug-likeness (QED) is 0.342. The van der Waals surface area contributed by atoms with E-state index in [9.17, 15) is 23.6 Å². The lowest BCUT2D eigenvalue weighted by atomic mass is 10.0. The standard InChI is InChI=1S/C28H33FN6O5/c1-33(2)26(37)7-5-4-6-21(32-28(39)40-3)24(36)12-19-14-30-17-34(27(19)38)16-25-31-22-13-20(29)10-11-23(22)35(25)15-18-8-9-18/h5,7,10-11,13-14,17-18,21H,4,6,8-9,12,15-16H2,1-3H3,(H,32,39)/b7-5+/t21-/m0/s1. The molecule has 0 radical (unpaired) electrons. The van der Waals surface area contributed by atoms with Gasteiger partial charge in [-0.2, -0.15) is 0 Å². The number of ketones is 1. The number of nitrogens with zero attached hydrogens (tertiary/aromatic N) is 5. The molecule has 1 saturated carbocycles. The fraction of sp³-hybridized carbons (Fsp3) is 0.429. The van der Waals surface area contributed by atoms with Crippen molar-refractivity contribution in [2.75, 3.05) is 21.2 Å². The van der Waals surface area contributed by atoms with Gasteiger partial charge in [-0.25, -0.2) is 19.2 Å². The van der Waals surface area contributed by atoms with E-state index in [-0.39, 0.29) is 36.7 Å². The molecule has 40 heavy (non-hydrogen) atoms. The minimum atomic E-state index is -0.933. The van der Waals surface area contributed by atoms with E-state index in [2.05, 4.69) is 20.0 Å². The predicted molar refractivity (Wildman–Crippen MR) is 145 cm³/mol. The number of fused-ring (bicyclic) bond motifs is 1. The number of benzene rings is 1. The number of nitrogens with one attached hydrogen (secondary N) is 1. The number of halogens is 1. The molecule has 11 nitrogen and oxygen atoms in total. The molecule has 0 bridgehead atoms. The fourth-order valence-electron chi connectivity index (χ4n) is 4.34. The maximum absolute atomic E-state index is 13.8. The number of methoxy groups -OCH3 is 1. The van der Waals surface area contributed by atoms with Crippen molar-refractivity contribution in [1.29, 1.82) is 0 Å². The molecule has 1 N–H and O–H groups in total. The first kappa shape index (κ1) is 28.7. The van der Waals surface area contributed by atoms with Gasteiger partial charge in [-0.1, -0.05) is 6.08 Å². The van der Waals surface area contributed by atoms with Crippen molar-refractivity contribution in [1.82, 2.24) is 29.3 Å². The van der Waals surface area contributed by atoms with E-state index < -0.39 is 23.5 Å². The van der Waals surface area contributed by atoms with Crippen LogP contribution in [0.4, 0.5) is 9.18 Å². The van der Waals surface area contributed by atoms with Crippen molar-refractivity contribution in [3.8, 4) is 0 Å². The van der Waals surface area contributed by atoms with Crippen LogP contribution in [0, 0.1) is 11.7 Å². The van der Waals surface area contributed by atoms with E-state index in [4.69, 9.17) is 0 Å². The number of likely N-dealkylation sites (N-methyl/N-ethyl adjacent to an activating group) is 1. The number of carbonyl (C=O) groups is 3. The lowest BCUT2D eigenvalue weighted by Gasteiger charge is -2.16. The summed E-state index contributed by atoms with van der Waals surface area (Å²) in [6.45, 7) is 0.832. The molecule has 0 saturated heterocycles. The Hall–Kier alpha value is -4.35. The molecule has 1 aliphatic carbocycles. The maximum atomic E-state index is 13.8. The van der Waals surface area contributed by atoms with Crippen LogP contribution in [0.3, 0.4) is 0 Å². The summed E-state index contributed by atoms with van der Waals surface area (Å²) in [7, 11) is 4.44. The van der Waals surface area contributed by atoms with E-state index in [0.29, 0.717) is 23.7 Å². The fourth-order valence-corrected chi connectivity index (χ4v) is 4.34. The summed E-state index contributed by atoms with van der Waals surface area (Å²) >= 11 is 0. The van der Waals surface area contributed by atoms with Crippen molar-refractivity contribution >= 4 is 28.8 Å². The highest BCUT2D eigenvalue weighted by Crippen LogP contribution is 2.32. The molecular weight excluding hydrogens is 519 g/mol. The highest BCUT2D eigenvalue weighted by Gasteiger charge is 2.25. The van der Waals surface area contributed by atoms with Crippen LogP contribution in [0.2, 0.25) is 0 Å². The van der Waals surface area contributed by atoms with E-state index in [0.717, 1.165) is 24.9 Å². The topological polar surface area (TPSA) is 128 Å². The number of hydrogen-bond donors (Lipinski definition) is 1. The van der Waals surface area contributed by atoms with Crippen LogP contribution in [0.1, 0.15) is 37.1 Å². The number of amides is 2. The Kier molecular flexibility index (Phi) is 9.08. The van der Waals surface area contributed by atoms with Gasteiger partial charge in [0.25, 0.3) is 5.56 Å². The third kappa shape index (κ3) is 7.19. The van der Waals surface area contributed by atoms with Gasteiger partial charge >= 0.3 is 6.09 Å². The average molecular weight is 553 g/mol. The van der Waals surface area contributed by atoms with E-state index in [1.54, 1.807) is 26.2 Å². The first-order valence-corrected chi connectivity index (χ1v) is 13.1. The number of aromatic nitrogens is 4. The second-order valence-electron chi connectivity index (χ2n) is 10.1. The van der Waals surface area contributed by atoms with Crippen molar-refractivity contribution in [2.45, 2.75) is 51.2 Å². The highest BCUT2D eigenvalue weighted by atomic mass is 19.1. The molecule has 1 aliphatic rings. The summed E-state index contributed by atoms with van der Waals surface area (Å²) in [5, 5.41) is 2.51. The van der Waals surface area contributed by atoms with Crippen molar-refractivity contribution in [3.05, 3.63) is 70.4 Å². The zero-order valence-electron chi connectivity index (χ0n) is 22.8. The van der Waals surface area contributed by atoms with Gasteiger partial charge in [-0.05, 0) is 49.8 Å². The molecule has 2 heterocycles. The highest BCUT2D eigenvalue weighted by molar-refractivity contribution is 5.89. The molecule has 2 amide bonds. The molecule has 0 unspecified atom stereocenters. The molecule has 4 rings (SSSR count). The van der Waals surface area contributed by atoms with E-state index in [1.807, 2.05) is 4.57 Å². The number of alkyl carbamates (subject to hydrolysis) is 1. The number of hydrogen-bond acceptors (Lipinski definition) is 7. The monoisotopic (exact) mass is 552 g/mol. The van der Waals surface area contributed by atoms with E-state index >= 15 is 0 Å². The maximum Gasteiger partial charge on any atom is 0.407 e. The Morgan fingerprint density at radius 1 is 1.27 bits per heavy atom. The Morgan fingerprint density at radius 2 is 2.05 bits per heavy atom. The lowest BCUT2D eigenvalue weighted by Crippen LogP contribution is -2.42. The predicted octanol–water partition coefficient (Wildman–Crippen LogP) is 2.45. The van der Waals surface area contributed by atoms with Gasteiger partial charge in [0.15, 0.2) is 5.78 Å². The average Bonchev–Trinajstić information content (AvgIpc) is 3.68. The molecule has 1 fully saturated rings. The second-order valence-corrected chi connectivity index (χ2v) is 10.1. The summed E-state index contributed by atoms with van der Waals surface area (Å²) in [6, 6.07) is 3.53. The molecule has 212 valence electrons. The third-order valence-electron chi connectivity index (χ3n) is 6.76. The van der Waals surface area contributed by atoms with Crippen LogP contribution in [-0.2, 0) is 33.8 Å². The van der Waals surface area contributed by atoms with Gasteiger partial charge < -0.3 is 19.5 Å². The third-order valence-corrected chi connectivity index (χ3v) is 6.76. The Morgan fingerprint density at radius 3 is 2.75 bits per heavy atom. The molecule has 1 atom stereocenters. The van der Waals surface area contributed by atoms with Gasteiger partial charge in [0.05, 0.1) is 37.1 Å². The van der Waals surface area contributed by atoms with Crippen molar-refractivity contribution in [2.24, 2.45) is 5.92 Å². The number of ether oxygens (including phenoxy) is 1. The summed E-state index contributed by atoms with van der Waals surface area (Å²) < 4.78 is 21.9. The van der Waals surface area contributed by atoms with Gasteiger partial charge in [0.2, 0.25) is 5.91 Å². The summed E-state index contributed by atoms with van der Waals surface area (Å²) in [4.78, 5) is 60.3. The molecule has 2 aromatic heterocycles. The van der Waals surface area contributed by atoms with Crippen LogP contribution < -0.4 is 10.9 Å². The van der Waals surface area contributed by atoms with Crippen LogP contribution in [0.5, 0.6) is 0 Å². The summed E-state index contributed by atoms with van der Waals surface area (Å²) in [5.41, 5.74) is 1.07. The van der Waals surface area contributed by atoms with Gasteiger partial charge in [-0.3, -0.25) is 19.0 Å². The molecule has 3 aromatic rings. The number of rotatable bonds is 12. The number of allylic oxidation sites excluding steroid dienone is 1. The van der Waals surface area contributed by atoms with Crippen LogP contribution in [0.15, 0.2) is 47.7 Å². The lowest BCUT2D eigenvalue weighted by molar-refractivity contribution is -0.123. The summed E-state index contributed by atoms with van der Waals surface area (Å²) in [6.07, 6.45) is 7.48.